The SMILES string of the molecule is C=C(C)C(=O)OC1(C(C)C)C2CC=C3C(C2)CC31. The molecule has 5 aliphatic rings. The summed E-state index contributed by atoms with van der Waals surface area (Å²) in [7, 11) is 0. The van der Waals surface area contributed by atoms with Crippen molar-refractivity contribution in [2.45, 2.75) is 45.6 Å². The van der Waals surface area contributed by atoms with Crippen molar-refractivity contribution in [3.63, 3.8) is 0 Å². The molecule has 0 N–H and O–H groups in total. The molecule has 0 aromatic heterocycles. The molecule has 0 aliphatic heterocycles. The number of esters is 1. The van der Waals surface area contributed by atoms with E-state index in [-0.39, 0.29) is 11.6 Å². The molecule has 0 amide bonds. The topological polar surface area (TPSA) is 26.3 Å². The Morgan fingerprint density at radius 1 is 1.50 bits per heavy atom. The summed E-state index contributed by atoms with van der Waals surface area (Å²) in [5.74, 6) is 1.96. The fourth-order valence-corrected chi connectivity index (χ4v) is 4.43. The van der Waals surface area contributed by atoms with Crippen LogP contribution in [-0.4, -0.2) is 11.6 Å². The molecule has 18 heavy (non-hydrogen) atoms. The number of carbonyl (C=O) groups is 1. The monoisotopic (exact) mass is 246 g/mol. The number of allylic oxidation sites excluding steroid dienone is 1. The third-order valence-corrected chi connectivity index (χ3v) is 5.30. The highest BCUT2D eigenvalue weighted by Crippen LogP contribution is 2.65. The van der Waals surface area contributed by atoms with Crippen LogP contribution in [-0.2, 0) is 9.53 Å². The van der Waals surface area contributed by atoms with Crippen LogP contribution in [0.3, 0.4) is 0 Å². The maximum absolute atomic E-state index is 12.0. The molecule has 4 bridgehead atoms. The van der Waals surface area contributed by atoms with E-state index in [1.807, 2.05) is 0 Å². The normalized spacial score (nSPS) is 40.2. The maximum atomic E-state index is 12.0. The average molecular weight is 246 g/mol. The van der Waals surface area contributed by atoms with Crippen LogP contribution in [0, 0.1) is 23.7 Å². The molecule has 4 unspecified atom stereocenters. The highest BCUT2D eigenvalue weighted by Gasteiger charge is 2.64. The van der Waals surface area contributed by atoms with Crippen LogP contribution in [0.5, 0.6) is 0 Å². The van der Waals surface area contributed by atoms with Gasteiger partial charge in [-0.3, -0.25) is 0 Å². The van der Waals surface area contributed by atoms with E-state index >= 15 is 0 Å². The summed E-state index contributed by atoms with van der Waals surface area (Å²) in [4.78, 5) is 12.0. The zero-order valence-corrected chi connectivity index (χ0v) is 11.5. The summed E-state index contributed by atoms with van der Waals surface area (Å²) in [5.41, 5.74) is 1.83. The molecular formula is C16H22O2. The zero-order chi connectivity index (χ0) is 13.1. The Hall–Kier alpha value is -1.05. The highest BCUT2D eigenvalue weighted by atomic mass is 16.6. The fourth-order valence-electron chi connectivity index (χ4n) is 4.43. The summed E-state index contributed by atoms with van der Waals surface area (Å²) < 4.78 is 6.01. The van der Waals surface area contributed by atoms with Gasteiger partial charge in [0.15, 0.2) is 0 Å². The summed E-state index contributed by atoms with van der Waals surface area (Å²) in [6, 6.07) is 0. The average Bonchev–Trinajstić information content (AvgIpc) is 2.28. The first-order chi connectivity index (χ1) is 8.46. The van der Waals surface area contributed by atoms with Crippen LogP contribution in [0.1, 0.15) is 40.0 Å². The van der Waals surface area contributed by atoms with Crippen LogP contribution in [0.25, 0.3) is 0 Å². The van der Waals surface area contributed by atoms with Crippen molar-refractivity contribution in [1.82, 2.24) is 0 Å². The molecule has 0 spiro atoms. The lowest BCUT2D eigenvalue weighted by Crippen LogP contribution is -2.64. The smallest absolute Gasteiger partial charge is 0.333 e. The number of ether oxygens (including phenoxy) is 1. The molecule has 5 aliphatic carbocycles. The van der Waals surface area contributed by atoms with Gasteiger partial charge in [-0.2, -0.15) is 0 Å². The molecular weight excluding hydrogens is 224 g/mol. The lowest BCUT2D eigenvalue weighted by atomic mass is 9.44. The standard InChI is InChI=1S/C16H22O2/c1-9(2)15(17)18-16(10(3)4)12-5-6-13-11(7-12)8-14(13)16/h6,10-12,14H,1,5,7-8H2,2-4H3. The van der Waals surface area contributed by atoms with Crippen molar-refractivity contribution in [2.75, 3.05) is 0 Å². The Balaban J connectivity index is 1.96. The van der Waals surface area contributed by atoms with Crippen LogP contribution in [0.2, 0.25) is 0 Å². The van der Waals surface area contributed by atoms with E-state index in [2.05, 4.69) is 26.5 Å². The van der Waals surface area contributed by atoms with Gasteiger partial charge in [0.2, 0.25) is 0 Å². The van der Waals surface area contributed by atoms with Crippen molar-refractivity contribution in [2.24, 2.45) is 23.7 Å². The number of fused-ring (bicyclic) bond motifs is 1. The molecule has 0 heterocycles. The molecule has 0 radical (unpaired) electrons. The third kappa shape index (κ3) is 1.32. The van der Waals surface area contributed by atoms with Crippen LogP contribution < -0.4 is 0 Å². The first-order valence-electron chi connectivity index (χ1n) is 7.05. The second-order valence-electron chi connectivity index (χ2n) is 6.54. The Bertz CT molecular complexity index is 446. The summed E-state index contributed by atoms with van der Waals surface area (Å²) in [6.07, 6.45) is 5.92. The minimum absolute atomic E-state index is 0.208. The van der Waals surface area contributed by atoms with E-state index in [0.29, 0.717) is 23.3 Å². The van der Waals surface area contributed by atoms with E-state index in [9.17, 15) is 4.79 Å². The summed E-state index contributed by atoms with van der Waals surface area (Å²) in [5, 5.41) is 0. The minimum Gasteiger partial charge on any atom is -0.455 e. The second-order valence-corrected chi connectivity index (χ2v) is 6.54. The van der Waals surface area contributed by atoms with Gasteiger partial charge in [-0.05, 0) is 38.0 Å². The third-order valence-electron chi connectivity index (χ3n) is 5.30. The molecule has 5 rings (SSSR count). The summed E-state index contributed by atoms with van der Waals surface area (Å²) >= 11 is 0. The molecule has 0 aromatic carbocycles. The Morgan fingerprint density at radius 2 is 2.22 bits per heavy atom. The van der Waals surface area contributed by atoms with Crippen LogP contribution >= 0.6 is 0 Å². The molecule has 0 aromatic rings. The molecule has 3 saturated carbocycles. The van der Waals surface area contributed by atoms with Crippen LogP contribution in [0.15, 0.2) is 23.8 Å². The number of carbonyl (C=O) groups excluding carboxylic acids is 1. The number of rotatable bonds is 3. The highest BCUT2D eigenvalue weighted by molar-refractivity contribution is 5.87. The lowest BCUT2D eigenvalue weighted by molar-refractivity contribution is -0.204. The second kappa shape index (κ2) is 3.72. The Morgan fingerprint density at radius 3 is 2.67 bits per heavy atom. The van der Waals surface area contributed by atoms with Crippen molar-refractivity contribution in [1.29, 1.82) is 0 Å². The van der Waals surface area contributed by atoms with Gasteiger partial charge in [0.25, 0.3) is 0 Å². The first-order valence-corrected chi connectivity index (χ1v) is 7.05. The fraction of sp³-hybridized carbons (Fsp3) is 0.688. The molecule has 98 valence electrons. The van der Waals surface area contributed by atoms with Gasteiger partial charge in [0, 0.05) is 17.4 Å². The van der Waals surface area contributed by atoms with Crippen LogP contribution in [0.4, 0.5) is 0 Å². The predicted molar refractivity (Wildman–Crippen MR) is 70.9 cm³/mol. The number of hydrogen-bond donors (Lipinski definition) is 0. The van der Waals surface area contributed by atoms with Gasteiger partial charge < -0.3 is 4.74 Å². The molecule has 4 atom stereocenters. The van der Waals surface area contributed by atoms with Crippen molar-refractivity contribution < 1.29 is 9.53 Å². The van der Waals surface area contributed by atoms with Gasteiger partial charge in [0.05, 0.1) is 0 Å². The molecule has 2 heteroatoms. The van der Waals surface area contributed by atoms with Gasteiger partial charge in [-0.15, -0.1) is 0 Å². The largest absolute Gasteiger partial charge is 0.455 e. The predicted octanol–water partition coefficient (Wildman–Crippen LogP) is 3.49. The summed E-state index contributed by atoms with van der Waals surface area (Å²) in [6.45, 7) is 9.85. The minimum atomic E-state index is -0.255. The Kier molecular flexibility index (Phi) is 2.48. The van der Waals surface area contributed by atoms with Crippen molar-refractivity contribution >= 4 is 5.97 Å². The van der Waals surface area contributed by atoms with Gasteiger partial charge in [0.1, 0.15) is 5.60 Å². The maximum Gasteiger partial charge on any atom is 0.333 e. The molecule has 2 nitrogen and oxygen atoms in total. The number of hydrogen-bond acceptors (Lipinski definition) is 2. The molecule has 3 fully saturated rings. The Labute approximate surface area is 109 Å². The quantitative estimate of drug-likeness (QED) is 0.433. The van der Waals surface area contributed by atoms with Crippen molar-refractivity contribution in [3.05, 3.63) is 23.8 Å². The van der Waals surface area contributed by atoms with Gasteiger partial charge in [-0.25, -0.2) is 4.79 Å². The van der Waals surface area contributed by atoms with Crippen molar-refractivity contribution in [3.8, 4) is 0 Å². The van der Waals surface area contributed by atoms with Gasteiger partial charge >= 0.3 is 5.97 Å². The van der Waals surface area contributed by atoms with E-state index < -0.39 is 0 Å². The van der Waals surface area contributed by atoms with E-state index in [0.717, 1.165) is 12.3 Å². The van der Waals surface area contributed by atoms with E-state index in [4.69, 9.17) is 4.74 Å². The van der Waals surface area contributed by atoms with E-state index in [1.165, 1.54) is 12.8 Å². The first kappa shape index (κ1) is 12.0. The van der Waals surface area contributed by atoms with Gasteiger partial charge in [-0.1, -0.05) is 32.1 Å². The zero-order valence-electron chi connectivity index (χ0n) is 11.5. The molecule has 0 saturated heterocycles. The lowest BCUT2D eigenvalue weighted by Gasteiger charge is -2.64. The van der Waals surface area contributed by atoms with E-state index in [1.54, 1.807) is 12.5 Å².